The molecular weight excluding hydrogens is 466 g/mol. The van der Waals surface area contributed by atoms with Gasteiger partial charge in [-0.3, -0.25) is 9.20 Å². The Morgan fingerprint density at radius 2 is 1.94 bits per heavy atom. The first-order valence-electron chi connectivity index (χ1n) is 10.5. The topological polar surface area (TPSA) is 107 Å². The fraction of sp³-hybridized carbons (Fsp3) is 0.409. The van der Waals surface area contributed by atoms with Gasteiger partial charge in [0.05, 0.1) is 18.4 Å². The number of fused-ring (bicyclic) bond motifs is 1. The van der Waals surface area contributed by atoms with Crippen LogP contribution in [0.25, 0.3) is 4.96 Å². The number of rotatable bonds is 6. The number of hydrogen-bond donors (Lipinski definition) is 0. The lowest BCUT2D eigenvalue weighted by molar-refractivity contribution is 0.0467. The Morgan fingerprint density at radius 3 is 2.64 bits per heavy atom. The Hall–Kier alpha value is -2.76. The molecule has 4 rings (SSSR count). The van der Waals surface area contributed by atoms with E-state index in [9.17, 15) is 18.0 Å². The first-order chi connectivity index (χ1) is 15.7. The molecule has 0 amide bonds. The quantitative estimate of drug-likeness (QED) is 0.488. The van der Waals surface area contributed by atoms with E-state index in [2.05, 4.69) is 4.98 Å². The number of carbonyl (C=O) groups excluding carboxylic acids is 1. The number of ether oxygens (including phenoxy) is 2. The Kier molecular flexibility index (Phi) is 6.55. The molecule has 0 spiro atoms. The summed E-state index contributed by atoms with van der Waals surface area (Å²) in [6, 6.07) is 5.48. The fourth-order valence-corrected chi connectivity index (χ4v) is 6.73. The molecule has 0 N–H and O–H groups in total. The molecule has 33 heavy (non-hydrogen) atoms. The smallest absolute Gasteiger partial charge is 0.338 e. The number of esters is 1. The highest BCUT2D eigenvalue weighted by molar-refractivity contribution is 7.89. The molecule has 1 aliphatic heterocycles. The van der Waals surface area contributed by atoms with Gasteiger partial charge >= 0.3 is 5.97 Å². The van der Waals surface area contributed by atoms with Crippen LogP contribution in [0.2, 0.25) is 0 Å². The maximum Gasteiger partial charge on any atom is 0.338 e. The number of benzene rings is 1. The number of hydrogen-bond acceptors (Lipinski definition) is 8. The minimum atomic E-state index is -3.87. The summed E-state index contributed by atoms with van der Waals surface area (Å²) in [5, 5.41) is 1.74. The molecule has 176 valence electrons. The highest BCUT2D eigenvalue weighted by Gasteiger charge is 2.34. The normalized spacial score (nSPS) is 19.5. The summed E-state index contributed by atoms with van der Waals surface area (Å²) in [5.41, 5.74) is 0.116. The molecule has 0 aliphatic carbocycles. The molecular formula is C22H25N3O6S2. The molecule has 2 atom stereocenters. The minimum Gasteiger partial charge on any atom is -0.495 e. The molecule has 1 fully saturated rings. The minimum absolute atomic E-state index is 0.0707. The van der Waals surface area contributed by atoms with E-state index in [0.29, 0.717) is 23.7 Å². The molecule has 11 heteroatoms. The number of sulfonamides is 1. The molecule has 1 saturated heterocycles. The third-order valence-electron chi connectivity index (χ3n) is 5.56. The van der Waals surface area contributed by atoms with Gasteiger partial charge in [0, 0.05) is 30.7 Å². The Morgan fingerprint density at radius 1 is 1.21 bits per heavy atom. The van der Waals surface area contributed by atoms with Gasteiger partial charge in [-0.05, 0) is 36.5 Å². The van der Waals surface area contributed by atoms with Gasteiger partial charge in [-0.1, -0.05) is 13.8 Å². The molecule has 2 aromatic heterocycles. The van der Waals surface area contributed by atoms with Crippen molar-refractivity contribution < 1.29 is 22.7 Å². The molecule has 0 bridgehead atoms. The second-order valence-electron chi connectivity index (χ2n) is 8.35. The van der Waals surface area contributed by atoms with Gasteiger partial charge in [0.25, 0.3) is 5.56 Å². The first kappa shape index (κ1) is 23.4. The SMILES string of the molecule is COc1ccc(C(=O)OCc2cc(=O)n3ccsc3n2)cc1S(=O)(=O)N1C[C@H](C)C[C@@H](C)C1. The molecule has 1 aromatic carbocycles. The van der Waals surface area contributed by atoms with E-state index in [1.54, 1.807) is 11.6 Å². The maximum atomic E-state index is 13.4. The van der Waals surface area contributed by atoms with Crippen LogP contribution in [0.15, 0.2) is 45.5 Å². The van der Waals surface area contributed by atoms with Crippen molar-refractivity contribution in [3.05, 3.63) is 57.5 Å². The highest BCUT2D eigenvalue weighted by Crippen LogP contribution is 2.32. The zero-order valence-corrected chi connectivity index (χ0v) is 20.2. The molecule has 0 unspecified atom stereocenters. The van der Waals surface area contributed by atoms with Crippen molar-refractivity contribution in [2.24, 2.45) is 11.8 Å². The van der Waals surface area contributed by atoms with Crippen LogP contribution in [0.4, 0.5) is 0 Å². The lowest BCUT2D eigenvalue weighted by Gasteiger charge is -2.34. The predicted molar refractivity (Wildman–Crippen MR) is 123 cm³/mol. The van der Waals surface area contributed by atoms with E-state index in [4.69, 9.17) is 9.47 Å². The third-order valence-corrected chi connectivity index (χ3v) is 8.17. The summed E-state index contributed by atoms with van der Waals surface area (Å²) >= 11 is 1.29. The van der Waals surface area contributed by atoms with E-state index in [1.165, 1.54) is 51.4 Å². The summed E-state index contributed by atoms with van der Waals surface area (Å²) in [6.07, 6.45) is 2.58. The van der Waals surface area contributed by atoms with Crippen molar-refractivity contribution in [2.75, 3.05) is 20.2 Å². The number of carbonyl (C=O) groups is 1. The van der Waals surface area contributed by atoms with E-state index in [-0.39, 0.29) is 40.2 Å². The van der Waals surface area contributed by atoms with Gasteiger partial charge in [0.2, 0.25) is 10.0 Å². The average Bonchev–Trinajstić information content (AvgIpc) is 3.25. The molecule has 9 nitrogen and oxygen atoms in total. The molecule has 0 radical (unpaired) electrons. The van der Waals surface area contributed by atoms with Crippen LogP contribution in [0.3, 0.4) is 0 Å². The van der Waals surface area contributed by atoms with Crippen molar-refractivity contribution in [2.45, 2.75) is 31.8 Å². The van der Waals surface area contributed by atoms with E-state index in [1.807, 2.05) is 13.8 Å². The van der Waals surface area contributed by atoms with E-state index < -0.39 is 16.0 Å². The van der Waals surface area contributed by atoms with Crippen molar-refractivity contribution in [1.29, 1.82) is 0 Å². The van der Waals surface area contributed by atoms with Crippen LogP contribution in [0.5, 0.6) is 5.75 Å². The number of thiazole rings is 1. The molecule has 0 saturated carbocycles. The van der Waals surface area contributed by atoms with Gasteiger partial charge in [0.1, 0.15) is 17.3 Å². The zero-order valence-electron chi connectivity index (χ0n) is 18.6. The number of aromatic nitrogens is 2. The largest absolute Gasteiger partial charge is 0.495 e. The Bertz CT molecular complexity index is 1340. The summed E-state index contributed by atoms with van der Waals surface area (Å²) in [4.78, 5) is 29.5. The third kappa shape index (κ3) is 4.80. The second-order valence-corrected chi connectivity index (χ2v) is 11.1. The summed E-state index contributed by atoms with van der Waals surface area (Å²) in [6.45, 7) is 4.67. The number of nitrogens with zero attached hydrogens (tertiary/aromatic N) is 3. The lowest BCUT2D eigenvalue weighted by atomic mass is 9.94. The predicted octanol–water partition coefficient (Wildman–Crippen LogP) is 2.79. The monoisotopic (exact) mass is 491 g/mol. The van der Waals surface area contributed by atoms with Gasteiger partial charge in [0.15, 0.2) is 4.96 Å². The van der Waals surface area contributed by atoms with Crippen molar-refractivity contribution >= 4 is 32.3 Å². The van der Waals surface area contributed by atoms with Crippen LogP contribution in [-0.4, -0.2) is 48.3 Å². The van der Waals surface area contributed by atoms with Gasteiger partial charge in [-0.2, -0.15) is 4.31 Å². The van der Waals surface area contributed by atoms with Crippen molar-refractivity contribution in [3.63, 3.8) is 0 Å². The standard InChI is InChI=1S/C22H25N3O6S2/c1-14-8-15(2)12-24(11-14)33(28,29)19-9-16(4-5-18(19)30-3)21(27)31-13-17-10-20(26)25-6-7-32-22(25)23-17/h4-7,9-10,14-15H,8,11-13H2,1-3H3/t14-,15-/m1/s1. The van der Waals surface area contributed by atoms with Crippen LogP contribution in [-0.2, 0) is 21.4 Å². The first-order valence-corrected chi connectivity index (χ1v) is 12.8. The van der Waals surface area contributed by atoms with Crippen LogP contribution in [0.1, 0.15) is 36.3 Å². The van der Waals surface area contributed by atoms with Gasteiger partial charge in [-0.15, -0.1) is 11.3 Å². The molecule has 3 heterocycles. The van der Waals surface area contributed by atoms with Gasteiger partial charge < -0.3 is 9.47 Å². The summed E-state index contributed by atoms with van der Waals surface area (Å²) in [7, 11) is -2.48. The zero-order chi connectivity index (χ0) is 23.8. The van der Waals surface area contributed by atoms with Crippen molar-refractivity contribution in [3.8, 4) is 5.75 Å². The highest BCUT2D eigenvalue weighted by atomic mass is 32.2. The summed E-state index contributed by atoms with van der Waals surface area (Å²) < 4.78 is 40.2. The van der Waals surface area contributed by atoms with E-state index >= 15 is 0 Å². The van der Waals surface area contributed by atoms with E-state index in [0.717, 1.165) is 6.42 Å². The van der Waals surface area contributed by atoms with Crippen molar-refractivity contribution in [1.82, 2.24) is 13.7 Å². The number of methoxy groups -OCH3 is 1. The van der Waals surface area contributed by atoms with Gasteiger partial charge in [-0.25, -0.2) is 18.2 Å². The molecule has 1 aliphatic rings. The van der Waals surface area contributed by atoms with Crippen LogP contribution in [0, 0.1) is 11.8 Å². The van der Waals surface area contributed by atoms with Crippen LogP contribution < -0.4 is 10.3 Å². The Labute approximate surface area is 195 Å². The molecule has 3 aromatic rings. The number of piperidine rings is 1. The maximum absolute atomic E-state index is 13.4. The lowest BCUT2D eigenvalue weighted by Crippen LogP contribution is -2.42. The second kappa shape index (κ2) is 9.24. The van der Waals surface area contributed by atoms with Crippen LogP contribution >= 0.6 is 11.3 Å². The average molecular weight is 492 g/mol. The fourth-order valence-electron chi connectivity index (χ4n) is 4.13. The summed E-state index contributed by atoms with van der Waals surface area (Å²) in [5.74, 6) is -0.0854. The Balaban J connectivity index is 1.57.